The molecule has 0 saturated heterocycles. The molecule has 0 bridgehead atoms. The Hall–Kier alpha value is -8.98. The Balaban J connectivity index is 0.916. The van der Waals surface area contributed by atoms with Crippen LogP contribution < -0.4 is 0 Å². The first-order valence-corrected chi connectivity index (χ1v) is 25.1. The fourth-order valence-corrected chi connectivity index (χ4v) is 12.4. The quantitative estimate of drug-likeness (QED) is 0.159. The second-order valence-electron chi connectivity index (χ2n) is 20.0. The number of fused-ring (bicyclic) bond motifs is 8. The van der Waals surface area contributed by atoms with E-state index in [-0.39, 0.29) is 5.41 Å². The normalized spacial score (nSPS) is 13.6. The van der Waals surface area contributed by atoms with Gasteiger partial charge in [-0.3, -0.25) is 0 Å². The van der Waals surface area contributed by atoms with Crippen LogP contribution in [0.25, 0.3) is 100.0 Å². The maximum Gasteiger partial charge on any atom is 0.160 e. The summed E-state index contributed by atoms with van der Waals surface area (Å²) in [5.74, 6) is 0.693. The fourth-order valence-electron chi connectivity index (χ4n) is 12.4. The van der Waals surface area contributed by atoms with E-state index in [1.54, 1.807) is 0 Å². The zero-order valence-electron chi connectivity index (χ0n) is 40.1. The molecule has 1 aromatic heterocycles. The number of benzene rings is 11. The molecule has 11 aromatic carbocycles. The Morgan fingerprint density at radius 3 is 1.57 bits per heavy atom. The van der Waals surface area contributed by atoms with Crippen molar-refractivity contribution in [2.24, 2.45) is 0 Å². The number of hydrogen-bond donors (Lipinski definition) is 0. The highest BCUT2D eigenvalue weighted by Crippen LogP contribution is 2.58. The Bertz CT molecular complexity index is 4070. The highest BCUT2D eigenvalue weighted by atomic mass is 14.9. The first kappa shape index (κ1) is 41.9. The standard InChI is InChI=1S/C70H48N2/c1-69(2)61-39-36-49(42-59(61)60-41-47-22-12-13-23-48(47)43-64(60)69)46-24-18-25-50(40-46)53-37-38-56(55-31-15-14-30-54(53)55)65-44-66(72-68(71-65)45-20-6-3-7-21-45)58-33-19-35-63-67(58)57-32-16-17-34-62(57)70(63,51-26-8-4-9-27-51)52-28-10-5-11-29-52/h3-44H,1-2H3. The third kappa shape index (κ3) is 6.35. The third-order valence-electron chi connectivity index (χ3n) is 15.8. The maximum atomic E-state index is 5.47. The Labute approximate surface area is 420 Å². The van der Waals surface area contributed by atoms with E-state index < -0.39 is 5.41 Å². The number of rotatable bonds is 7. The molecular formula is C70H48N2. The monoisotopic (exact) mass is 916 g/mol. The van der Waals surface area contributed by atoms with Crippen molar-refractivity contribution in [3.8, 4) is 78.4 Å². The van der Waals surface area contributed by atoms with Crippen molar-refractivity contribution >= 4 is 21.5 Å². The van der Waals surface area contributed by atoms with Gasteiger partial charge < -0.3 is 0 Å². The lowest BCUT2D eigenvalue weighted by atomic mass is 9.67. The van der Waals surface area contributed by atoms with Crippen molar-refractivity contribution in [3.63, 3.8) is 0 Å². The lowest BCUT2D eigenvalue weighted by molar-refractivity contribution is 0.661. The molecule has 12 aromatic rings. The van der Waals surface area contributed by atoms with Crippen molar-refractivity contribution in [1.29, 1.82) is 0 Å². The highest BCUT2D eigenvalue weighted by Gasteiger charge is 2.47. The number of hydrogen-bond acceptors (Lipinski definition) is 2. The molecule has 2 heteroatoms. The molecule has 14 rings (SSSR count). The van der Waals surface area contributed by atoms with Crippen LogP contribution in [0.3, 0.4) is 0 Å². The van der Waals surface area contributed by atoms with E-state index in [0.29, 0.717) is 5.82 Å². The van der Waals surface area contributed by atoms with Crippen LogP contribution in [0.1, 0.15) is 47.2 Å². The molecule has 0 unspecified atom stereocenters. The van der Waals surface area contributed by atoms with Gasteiger partial charge in [0.2, 0.25) is 0 Å². The molecule has 2 nitrogen and oxygen atoms in total. The predicted molar refractivity (Wildman–Crippen MR) is 299 cm³/mol. The summed E-state index contributed by atoms with van der Waals surface area (Å²) >= 11 is 0. The van der Waals surface area contributed by atoms with Crippen molar-refractivity contribution in [2.45, 2.75) is 24.7 Å². The number of nitrogens with zero attached hydrogens (tertiary/aromatic N) is 2. The lowest BCUT2D eigenvalue weighted by Gasteiger charge is -2.33. The molecule has 0 amide bonds. The molecule has 72 heavy (non-hydrogen) atoms. The molecule has 338 valence electrons. The summed E-state index contributed by atoms with van der Waals surface area (Å²) in [5, 5.41) is 4.89. The highest BCUT2D eigenvalue weighted by molar-refractivity contribution is 6.06. The maximum absolute atomic E-state index is 5.47. The molecule has 0 saturated carbocycles. The fraction of sp³-hybridized carbons (Fsp3) is 0.0571. The van der Waals surface area contributed by atoms with Crippen molar-refractivity contribution < 1.29 is 0 Å². The van der Waals surface area contributed by atoms with Crippen LogP contribution in [-0.4, -0.2) is 9.97 Å². The SMILES string of the molecule is CC1(C)c2ccc(-c3cccc(-c4ccc(-c5cc(-c6cccc7c6-c6ccccc6C7(c6ccccc6)c6ccccc6)nc(-c6ccccc6)n5)c5ccccc45)c3)cc2-c2cc3ccccc3cc21. The lowest BCUT2D eigenvalue weighted by Crippen LogP contribution is -2.28. The Morgan fingerprint density at radius 2 is 0.819 bits per heavy atom. The van der Waals surface area contributed by atoms with E-state index in [4.69, 9.17) is 9.97 Å². The molecule has 0 aliphatic heterocycles. The molecule has 2 aliphatic carbocycles. The third-order valence-corrected chi connectivity index (χ3v) is 15.8. The van der Waals surface area contributed by atoms with Crippen LogP contribution in [0, 0.1) is 0 Å². The van der Waals surface area contributed by atoms with Crippen LogP contribution in [0.15, 0.2) is 255 Å². The predicted octanol–water partition coefficient (Wildman–Crippen LogP) is 17.8. The van der Waals surface area contributed by atoms with Gasteiger partial charge in [0.1, 0.15) is 0 Å². The van der Waals surface area contributed by atoms with Gasteiger partial charge in [-0.1, -0.05) is 238 Å². The van der Waals surface area contributed by atoms with Gasteiger partial charge in [-0.05, 0) is 130 Å². The average Bonchev–Trinajstić information content (AvgIpc) is 3.87. The van der Waals surface area contributed by atoms with Gasteiger partial charge in [-0.2, -0.15) is 0 Å². The minimum Gasteiger partial charge on any atom is -0.228 e. The van der Waals surface area contributed by atoms with Crippen molar-refractivity contribution in [3.05, 3.63) is 288 Å². The molecule has 0 radical (unpaired) electrons. The Kier molecular flexibility index (Phi) is 9.50. The van der Waals surface area contributed by atoms with Gasteiger partial charge in [-0.15, -0.1) is 0 Å². The second-order valence-corrected chi connectivity index (χ2v) is 20.0. The van der Waals surface area contributed by atoms with E-state index in [2.05, 4.69) is 269 Å². The van der Waals surface area contributed by atoms with Gasteiger partial charge in [0.25, 0.3) is 0 Å². The zero-order valence-corrected chi connectivity index (χ0v) is 40.1. The van der Waals surface area contributed by atoms with Crippen LogP contribution in [-0.2, 0) is 10.8 Å². The minimum absolute atomic E-state index is 0.0782. The topological polar surface area (TPSA) is 25.8 Å². The van der Waals surface area contributed by atoms with Crippen molar-refractivity contribution in [2.75, 3.05) is 0 Å². The van der Waals surface area contributed by atoms with E-state index in [9.17, 15) is 0 Å². The molecular weight excluding hydrogens is 869 g/mol. The number of aromatic nitrogens is 2. The summed E-state index contributed by atoms with van der Waals surface area (Å²) in [6.07, 6.45) is 0. The summed E-state index contributed by atoms with van der Waals surface area (Å²) in [5.41, 5.74) is 21.9. The van der Waals surface area contributed by atoms with E-state index >= 15 is 0 Å². The summed E-state index contributed by atoms with van der Waals surface area (Å²) in [7, 11) is 0. The Morgan fingerprint density at radius 1 is 0.292 bits per heavy atom. The first-order chi connectivity index (χ1) is 35.4. The van der Waals surface area contributed by atoms with Gasteiger partial charge in [0.05, 0.1) is 16.8 Å². The first-order valence-electron chi connectivity index (χ1n) is 25.1. The van der Waals surface area contributed by atoms with E-state index in [0.717, 1.165) is 33.5 Å². The minimum atomic E-state index is -0.524. The van der Waals surface area contributed by atoms with Gasteiger partial charge in [0, 0.05) is 22.1 Å². The summed E-state index contributed by atoms with van der Waals surface area (Å²) in [6, 6.07) is 93.4. The second kappa shape index (κ2) is 16.3. The van der Waals surface area contributed by atoms with E-state index in [1.807, 2.05) is 0 Å². The molecule has 1 heterocycles. The molecule has 0 atom stereocenters. The van der Waals surface area contributed by atoms with Gasteiger partial charge in [0.15, 0.2) is 5.82 Å². The molecule has 2 aliphatic rings. The summed E-state index contributed by atoms with van der Waals surface area (Å²) in [4.78, 5) is 10.9. The molecule has 0 spiro atoms. The summed E-state index contributed by atoms with van der Waals surface area (Å²) < 4.78 is 0. The zero-order chi connectivity index (χ0) is 48.0. The van der Waals surface area contributed by atoms with E-state index in [1.165, 1.54) is 94.0 Å². The van der Waals surface area contributed by atoms with Crippen LogP contribution in [0.4, 0.5) is 0 Å². The van der Waals surface area contributed by atoms with Crippen LogP contribution in [0.5, 0.6) is 0 Å². The summed E-state index contributed by atoms with van der Waals surface area (Å²) in [6.45, 7) is 4.72. The smallest absolute Gasteiger partial charge is 0.160 e. The van der Waals surface area contributed by atoms with Gasteiger partial charge in [-0.25, -0.2) is 9.97 Å². The average molecular weight is 917 g/mol. The van der Waals surface area contributed by atoms with Crippen LogP contribution >= 0.6 is 0 Å². The molecule has 0 N–H and O–H groups in total. The van der Waals surface area contributed by atoms with Crippen LogP contribution in [0.2, 0.25) is 0 Å². The van der Waals surface area contributed by atoms with Gasteiger partial charge >= 0.3 is 0 Å². The largest absolute Gasteiger partial charge is 0.228 e. The van der Waals surface area contributed by atoms with Crippen molar-refractivity contribution in [1.82, 2.24) is 9.97 Å². The molecule has 0 fully saturated rings.